The summed E-state index contributed by atoms with van der Waals surface area (Å²) in [4.78, 5) is 52.3. The molecule has 7 nitrogen and oxygen atoms in total. The fraction of sp³-hybridized carbons (Fsp3) is 0.304. The molecule has 0 radical (unpaired) electrons. The molecule has 0 saturated heterocycles. The van der Waals surface area contributed by atoms with Crippen LogP contribution in [0.5, 0.6) is 0 Å². The minimum Gasteiger partial charge on any atom is -0.454 e. The van der Waals surface area contributed by atoms with Gasteiger partial charge in [0.1, 0.15) is 6.04 Å². The average molecular weight is 546 g/mol. The van der Waals surface area contributed by atoms with E-state index < -0.39 is 42.3 Å². The highest BCUT2D eigenvalue weighted by Gasteiger charge is 2.48. The maximum Gasteiger partial charge on any atom is 0.330 e. The van der Waals surface area contributed by atoms with Gasteiger partial charge in [-0.15, -0.1) is 0 Å². The van der Waals surface area contributed by atoms with Gasteiger partial charge in [0.15, 0.2) is 6.61 Å². The van der Waals surface area contributed by atoms with Crippen LogP contribution in [0.1, 0.15) is 47.1 Å². The number of ether oxygens (including phenoxy) is 1. The molecule has 180 valence electrons. The minimum atomic E-state index is -1.34. The lowest BCUT2D eigenvalue weighted by atomic mass is 10.0. The van der Waals surface area contributed by atoms with E-state index in [-0.39, 0.29) is 31.2 Å². The second-order valence-electron chi connectivity index (χ2n) is 7.84. The molecule has 2 aromatic rings. The number of aryl methyl sites for hydroxylation is 1. The number of nitrogens with zero attached hydrogens (tertiary/aromatic N) is 1. The summed E-state index contributed by atoms with van der Waals surface area (Å²) < 4.78 is 5.17. The zero-order valence-corrected chi connectivity index (χ0v) is 21.4. The van der Waals surface area contributed by atoms with Gasteiger partial charge >= 0.3 is 5.97 Å². The third-order valence-electron chi connectivity index (χ3n) is 5.30. The van der Waals surface area contributed by atoms with Crippen molar-refractivity contribution in [2.24, 2.45) is 5.92 Å². The molecule has 0 aliphatic carbocycles. The van der Waals surface area contributed by atoms with Gasteiger partial charge in [0, 0.05) is 5.69 Å². The van der Waals surface area contributed by atoms with E-state index in [1.54, 1.807) is 26.0 Å². The molecule has 3 amide bonds. The predicted octanol–water partition coefficient (Wildman–Crippen LogP) is 5.67. The molecule has 0 bridgehead atoms. The molecular formula is C23H20Cl4N2O5. The van der Waals surface area contributed by atoms with Gasteiger partial charge in [0.25, 0.3) is 17.7 Å². The highest BCUT2D eigenvalue weighted by Crippen LogP contribution is 2.45. The predicted molar refractivity (Wildman–Crippen MR) is 131 cm³/mol. The van der Waals surface area contributed by atoms with E-state index in [9.17, 15) is 19.2 Å². The number of carbonyl (C=O) groups is 4. The second kappa shape index (κ2) is 10.5. The molecule has 0 unspecified atom stereocenters. The maximum atomic E-state index is 13.1. The first-order chi connectivity index (χ1) is 16.0. The molecule has 11 heteroatoms. The summed E-state index contributed by atoms with van der Waals surface area (Å²) in [5.41, 5.74) is 1.04. The van der Waals surface area contributed by atoms with Crippen molar-refractivity contribution in [3.05, 3.63) is 61.0 Å². The quantitative estimate of drug-likeness (QED) is 0.209. The highest BCUT2D eigenvalue weighted by atomic mass is 35.5. The molecule has 1 heterocycles. The van der Waals surface area contributed by atoms with Crippen molar-refractivity contribution < 1.29 is 23.9 Å². The van der Waals surface area contributed by atoms with Gasteiger partial charge in [0.2, 0.25) is 0 Å². The topological polar surface area (TPSA) is 92.8 Å². The number of anilines is 1. The van der Waals surface area contributed by atoms with Crippen molar-refractivity contribution in [3.63, 3.8) is 0 Å². The third kappa shape index (κ3) is 4.75. The molecule has 1 aliphatic rings. The zero-order valence-electron chi connectivity index (χ0n) is 18.4. The third-order valence-corrected chi connectivity index (χ3v) is 7.10. The fourth-order valence-electron chi connectivity index (χ4n) is 3.65. The standard InChI is InChI=1S/C23H20Cl4N2O5/c1-4-11-7-5-6-8-12(11)28-13(30)9-34-23(33)20(10(2)3)29-21(31)14-15(22(29)32)17(25)19(27)18(26)16(14)24/h5-8,10,20H,4,9H2,1-3H3,(H,28,30)/t20-/m0/s1. The Morgan fingerprint density at radius 1 is 0.941 bits per heavy atom. The smallest absolute Gasteiger partial charge is 0.330 e. The van der Waals surface area contributed by atoms with Crippen molar-refractivity contribution in [3.8, 4) is 0 Å². The van der Waals surface area contributed by atoms with Crippen molar-refractivity contribution in [2.75, 3.05) is 11.9 Å². The molecule has 0 fully saturated rings. The van der Waals surface area contributed by atoms with Crippen molar-refractivity contribution in [1.29, 1.82) is 0 Å². The number of para-hydroxylation sites is 1. The van der Waals surface area contributed by atoms with Crippen LogP contribution in [0.2, 0.25) is 20.1 Å². The normalized spacial score (nSPS) is 13.8. The van der Waals surface area contributed by atoms with Crippen LogP contribution < -0.4 is 5.32 Å². The summed E-state index contributed by atoms with van der Waals surface area (Å²) in [5, 5.41) is 1.85. The number of halogens is 4. The van der Waals surface area contributed by atoms with E-state index in [0.29, 0.717) is 17.0 Å². The molecule has 1 N–H and O–H groups in total. The van der Waals surface area contributed by atoms with Crippen LogP contribution in [0.3, 0.4) is 0 Å². The molecule has 3 rings (SSSR count). The van der Waals surface area contributed by atoms with Crippen LogP contribution in [-0.2, 0) is 20.7 Å². The Balaban J connectivity index is 1.81. The Morgan fingerprint density at radius 2 is 1.47 bits per heavy atom. The number of imide groups is 1. The summed E-state index contributed by atoms with van der Waals surface area (Å²) in [6, 6.07) is 5.88. The van der Waals surface area contributed by atoms with Gasteiger partial charge in [-0.1, -0.05) is 85.4 Å². The number of nitrogens with one attached hydrogen (secondary N) is 1. The maximum absolute atomic E-state index is 13.1. The molecular weight excluding hydrogens is 526 g/mol. The Kier molecular flexibility index (Phi) is 8.14. The SMILES string of the molecule is CCc1ccccc1NC(=O)COC(=O)[C@H](C(C)C)N1C(=O)c2c(Cl)c(Cl)c(Cl)c(Cl)c2C1=O. The van der Waals surface area contributed by atoms with Gasteiger partial charge in [0.05, 0.1) is 31.2 Å². The molecule has 0 saturated carbocycles. The highest BCUT2D eigenvalue weighted by molar-refractivity contribution is 6.55. The van der Waals surface area contributed by atoms with E-state index in [0.717, 1.165) is 5.56 Å². The number of benzene rings is 2. The molecule has 0 spiro atoms. The van der Waals surface area contributed by atoms with Crippen molar-refractivity contribution in [2.45, 2.75) is 33.2 Å². The number of esters is 1. The van der Waals surface area contributed by atoms with E-state index in [2.05, 4.69) is 5.32 Å². The molecule has 1 atom stereocenters. The lowest BCUT2D eigenvalue weighted by Gasteiger charge is -2.27. The summed E-state index contributed by atoms with van der Waals surface area (Å²) in [5.74, 6) is -3.77. The first kappa shape index (κ1) is 26.3. The molecule has 0 aromatic heterocycles. The van der Waals surface area contributed by atoms with E-state index in [1.807, 2.05) is 19.1 Å². The second-order valence-corrected chi connectivity index (χ2v) is 9.35. The van der Waals surface area contributed by atoms with Crippen molar-refractivity contribution in [1.82, 2.24) is 4.90 Å². The first-order valence-electron chi connectivity index (χ1n) is 10.3. The summed E-state index contributed by atoms with van der Waals surface area (Å²) >= 11 is 24.4. The summed E-state index contributed by atoms with van der Waals surface area (Å²) in [6.45, 7) is 4.58. The van der Waals surface area contributed by atoms with Crippen LogP contribution >= 0.6 is 46.4 Å². The largest absolute Gasteiger partial charge is 0.454 e. The lowest BCUT2D eigenvalue weighted by Crippen LogP contribution is -2.49. The van der Waals surface area contributed by atoms with Crippen LogP contribution in [0, 0.1) is 5.92 Å². The zero-order chi connectivity index (χ0) is 25.3. The number of fused-ring (bicyclic) bond motifs is 1. The van der Waals surface area contributed by atoms with E-state index in [1.165, 1.54) is 0 Å². The Hall–Kier alpha value is -2.32. The van der Waals surface area contributed by atoms with Crippen LogP contribution in [0.4, 0.5) is 5.69 Å². The monoisotopic (exact) mass is 544 g/mol. The van der Waals surface area contributed by atoms with Gasteiger partial charge in [-0.25, -0.2) is 4.79 Å². The van der Waals surface area contributed by atoms with Gasteiger partial charge in [-0.05, 0) is 24.0 Å². The van der Waals surface area contributed by atoms with E-state index in [4.69, 9.17) is 51.1 Å². The van der Waals surface area contributed by atoms with Crippen LogP contribution in [-0.4, -0.2) is 41.2 Å². The van der Waals surface area contributed by atoms with Crippen LogP contribution in [0.25, 0.3) is 0 Å². The average Bonchev–Trinajstić information content (AvgIpc) is 3.05. The first-order valence-corrected chi connectivity index (χ1v) is 11.8. The van der Waals surface area contributed by atoms with Gasteiger partial charge < -0.3 is 10.1 Å². The summed E-state index contributed by atoms with van der Waals surface area (Å²) in [7, 11) is 0. The van der Waals surface area contributed by atoms with Gasteiger partial charge in [-0.3, -0.25) is 19.3 Å². The van der Waals surface area contributed by atoms with Crippen LogP contribution in [0.15, 0.2) is 24.3 Å². The van der Waals surface area contributed by atoms with E-state index >= 15 is 0 Å². The number of amides is 3. The number of hydrogen-bond donors (Lipinski definition) is 1. The Bertz CT molecular complexity index is 1150. The molecule has 1 aliphatic heterocycles. The number of carbonyl (C=O) groups excluding carboxylic acids is 4. The van der Waals surface area contributed by atoms with Gasteiger partial charge in [-0.2, -0.15) is 0 Å². The Labute approximate surface area is 216 Å². The summed E-state index contributed by atoms with van der Waals surface area (Å²) in [6.07, 6.45) is 0.699. The Morgan fingerprint density at radius 3 is 1.97 bits per heavy atom. The lowest BCUT2D eigenvalue weighted by molar-refractivity contribution is -0.152. The molecule has 34 heavy (non-hydrogen) atoms. The fourth-order valence-corrected chi connectivity index (χ4v) is 4.67. The number of rotatable bonds is 7. The van der Waals surface area contributed by atoms with Crippen molar-refractivity contribution >= 4 is 75.8 Å². The number of hydrogen-bond acceptors (Lipinski definition) is 5. The molecule has 2 aromatic carbocycles. The minimum absolute atomic E-state index is 0.178.